The lowest BCUT2D eigenvalue weighted by atomic mass is 9.88. The van der Waals surface area contributed by atoms with Crippen molar-refractivity contribution in [1.29, 1.82) is 0 Å². The minimum Gasteiger partial charge on any atom is -0.347 e. The van der Waals surface area contributed by atoms with Gasteiger partial charge in [-0.15, -0.1) is 0 Å². The molecule has 1 aliphatic carbocycles. The molecule has 0 unspecified atom stereocenters. The number of H-pyrrole nitrogens is 1. The van der Waals surface area contributed by atoms with Gasteiger partial charge in [-0.25, -0.2) is 0 Å². The van der Waals surface area contributed by atoms with E-state index in [1.54, 1.807) is 6.20 Å². The number of nitrogens with zero attached hydrogens (tertiary/aromatic N) is 2. The van der Waals surface area contributed by atoms with Crippen LogP contribution in [-0.4, -0.2) is 46.0 Å². The predicted molar refractivity (Wildman–Crippen MR) is 82.4 cm³/mol. The molecule has 2 heterocycles. The molecule has 1 atom stereocenters. The number of nitrogens with one attached hydrogen (secondary N) is 2. The Hall–Kier alpha value is -1.85. The van der Waals surface area contributed by atoms with E-state index < -0.39 is 0 Å². The molecule has 0 bridgehead atoms. The third-order valence-electron chi connectivity index (χ3n) is 4.86. The maximum Gasteiger partial charge on any atom is 0.255 e. The quantitative estimate of drug-likeness (QED) is 0.891. The Kier molecular flexibility index (Phi) is 4.45. The van der Waals surface area contributed by atoms with E-state index >= 15 is 0 Å². The second kappa shape index (κ2) is 6.50. The van der Waals surface area contributed by atoms with Crippen LogP contribution in [0.3, 0.4) is 0 Å². The van der Waals surface area contributed by atoms with Gasteiger partial charge in [0.25, 0.3) is 5.91 Å². The fraction of sp³-hybridized carbons (Fsp3) is 0.688. The average Bonchev–Trinajstić information content (AvgIpc) is 3.16. The van der Waals surface area contributed by atoms with Gasteiger partial charge in [0.2, 0.25) is 5.91 Å². The predicted octanol–water partition coefficient (Wildman–Crippen LogP) is 1.63. The van der Waals surface area contributed by atoms with E-state index in [0.29, 0.717) is 12.1 Å². The van der Waals surface area contributed by atoms with Crippen molar-refractivity contribution in [3.05, 3.63) is 17.5 Å². The highest BCUT2D eigenvalue weighted by Crippen LogP contribution is 2.26. The summed E-state index contributed by atoms with van der Waals surface area (Å²) in [5.74, 6) is 0.387. The zero-order valence-electron chi connectivity index (χ0n) is 13.1. The summed E-state index contributed by atoms with van der Waals surface area (Å²) < 4.78 is 0. The van der Waals surface area contributed by atoms with Crippen molar-refractivity contribution in [2.45, 2.75) is 51.5 Å². The summed E-state index contributed by atoms with van der Waals surface area (Å²) >= 11 is 0. The molecule has 1 saturated carbocycles. The highest BCUT2D eigenvalue weighted by molar-refractivity contribution is 5.95. The standard InChI is InChI=1S/C16H24N4O2/c1-11-14(9-17-19-11)15(21)18-13-7-8-20(10-13)16(22)12-5-3-2-4-6-12/h9,12-13H,2-8,10H2,1H3,(H,17,19)(H,18,21)/t13-/m0/s1. The smallest absolute Gasteiger partial charge is 0.255 e. The number of aromatic amines is 1. The Balaban J connectivity index is 1.52. The third kappa shape index (κ3) is 3.15. The molecule has 0 aromatic carbocycles. The summed E-state index contributed by atoms with van der Waals surface area (Å²) in [6.45, 7) is 3.22. The molecule has 2 amide bonds. The summed E-state index contributed by atoms with van der Waals surface area (Å²) in [6, 6.07) is 0.0503. The number of rotatable bonds is 3. The van der Waals surface area contributed by atoms with Crippen molar-refractivity contribution in [1.82, 2.24) is 20.4 Å². The van der Waals surface area contributed by atoms with Gasteiger partial charge in [-0.2, -0.15) is 5.10 Å². The monoisotopic (exact) mass is 304 g/mol. The van der Waals surface area contributed by atoms with Gasteiger partial charge in [-0.05, 0) is 26.2 Å². The van der Waals surface area contributed by atoms with Gasteiger partial charge in [-0.1, -0.05) is 19.3 Å². The average molecular weight is 304 g/mol. The lowest BCUT2D eigenvalue weighted by Crippen LogP contribution is -2.40. The molecule has 6 nitrogen and oxygen atoms in total. The molecule has 2 aliphatic rings. The molecule has 120 valence electrons. The zero-order valence-corrected chi connectivity index (χ0v) is 13.1. The van der Waals surface area contributed by atoms with Gasteiger partial charge in [0, 0.05) is 30.7 Å². The van der Waals surface area contributed by atoms with Crippen LogP contribution in [0.2, 0.25) is 0 Å². The van der Waals surface area contributed by atoms with E-state index in [-0.39, 0.29) is 23.8 Å². The molecule has 1 aliphatic heterocycles. The highest BCUT2D eigenvalue weighted by Gasteiger charge is 2.32. The zero-order chi connectivity index (χ0) is 15.5. The van der Waals surface area contributed by atoms with Crippen LogP contribution in [0.4, 0.5) is 0 Å². The number of hydrogen-bond donors (Lipinski definition) is 2. The Morgan fingerprint density at radius 2 is 2.05 bits per heavy atom. The Morgan fingerprint density at radius 3 is 2.73 bits per heavy atom. The number of carbonyl (C=O) groups is 2. The molecule has 2 N–H and O–H groups in total. The molecule has 6 heteroatoms. The summed E-state index contributed by atoms with van der Waals surface area (Å²) in [6.07, 6.45) is 8.04. The first-order valence-corrected chi connectivity index (χ1v) is 8.25. The molecule has 0 radical (unpaired) electrons. The first-order valence-electron chi connectivity index (χ1n) is 8.25. The number of hydrogen-bond acceptors (Lipinski definition) is 3. The second-order valence-electron chi connectivity index (χ2n) is 6.49. The Labute approximate surface area is 130 Å². The maximum absolute atomic E-state index is 12.5. The van der Waals surface area contributed by atoms with Crippen LogP contribution in [-0.2, 0) is 4.79 Å². The number of amides is 2. The molecule has 3 rings (SSSR count). The minimum absolute atomic E-state index is 0.0503. The number of carbonyl (C=O) groups excluding carboxylic acids is 2. The molecular weight excluding hydrogens is 280 g/mol. The molecule has 1 aromatic rings. The third-order valence-corrected chi connectivity index (χ3v) is 4.86. The van der Waals surface area contributed by atoms with Gasteiger partial charge in [0.1, 0.15) is 0 Å². The van der Waals surface area contributed by atoms with Crippen molar-refractivity contribution >= 4 is 11.8 Å². The summed E-state index contributed by atoms with van der Waals surface area (Å²) in [4.78, 5) is 26.6. The van der Waals surface area contributed by atoms with Crippen molar-refractivity contribution in [3.63, 3.8) is 0 Å². The highest BCUT2D eigenvalue weighted by atomic mass is 16.2. The Bertz CT molecular complexity index is 548. The van der Waals surface area contributed by atoms with E-state index in [4.69, 9.17) is 0 Å². The number of aryl methyl sites for hydroxylation is 1. The summed E-state index contributed by atoms with van der Waals surface area (Å²) in [7, 11) is 0. The van der Waals surface area contributed by atoms with Gasteiger partial charge in [0.05, 0.1) is 11.8 Å². The van der Waals surface area contributed by atoms with Gasteiger partial charge < -0.3 is 10.2 Å². The summed E-state index contributed by atoms with van der Waals surface area (Å²) in [5, 5.41) is 9.66. The van der Waals surface area contributed by atoms with Crippen molar-refractivity contribution in [3.8, 4) is 0 Å². The second-order valence-corrected chi connectivity index (χ2v) is 6.49. The molecule has 0 spiro atoms. The largest absolute Gasteiger partial charge is 0.347 e. The SMILES string of the molecule is Cc1[nH]ncc1C(=O)N[C@H]1CCN(C(=O)C2CCCCC2)C1. The fourth-order valence-electron chi connectivity index (χ4n) is 3.53. The van der Waals surface area contributed by atoms with Crippen LogP contribution in [0, 0.1) is 12.8 Å². The van der Waals surface area contributed by atoms with E-state index in [2.05, 4.69) is 15.5 Å². The van der Waals surface area contributed by atoms with Crippen LogP contribution in [0.25, 0.3) is 0 Å². The van der Waals surface area contributed by atoms with Crippen LogP contribution in [0.5, 0.6) is 0 Å². The van der Waals surface area contributed by atoms with E-state index in [1.165, 1.54) is 19.3 Å². The van der Waals surface area contributed by atoms with Crippen molar-refractivity contribution < 1.29 is 9.59 Å². The molecular formula is C16H24N4O2. The molecule has 2 fully saturated rings. The van der Waals surface area contributed by atoms with Crippen LogP contribution < -0.4 is 5.32 Å². The molecule has 1 saturated heterocycles. The van der Waals surface area contributed by atoms with Crippen molar-refractivity contribution in [2.75, 3.05) is 13.1 Å². The van der Waals surface area contributed by atoms with E-state index in [9.17, 15) is 9.59 Å². The lowest BCUT2D eigenvalue weighted by Gasteiger charge is -2.26. The van der Waals surface area contributed by atoms with Crippen LogP contribution >= 0.6 is 0 Å². The maximum atomic E-state index is 12.5. The van der Waals surface area contributed by atoms with E-state index in [0.717, 1.165) is 31.5 Å². The molecule has 1 aromatic heterocycles. The number of aromatic nitrogens is 2. The first kappa shape index (κ1) is 15.1. The van der Waals surface area contributed by atoms with Gasteiger partial charge in [-0.3, -0.25) is 14.7 Å². The van der Waals surface area contributed by atoms with Crippen LogP contribution in [0.15, 0.2) is 6.20 Å². The summed E-state index contributed by atoms with van der Waals surface area (Å²) in [5.41, 5.74) is 1.35. The van der Waals surface area contributed by atoms with Gasteiger partial charge in [0.15, 0.2) is 0 Å². The lowest BCUT2D eigenvalue weighted by molar-refractivity contribution is -0.135. The van der Waals surface area contributed by atoms with Crippen LogP contribution in [0.1, 0.15) is 54.6 Å². The fourth-order valence-corrected chi connectivity index (χ4v) is 3.53. The Morgan fingerprint density at radius 1 is 1.27 bits per heavy atom. The number of likely N-dealkylation sites (tertiary alicyclic amines) is 1. The normalized spacial score (nSPS) is 22.8. The minimum atomic E-state index is -0.108. The van der Waals surface area contributed by atoms with Crippen molar-refractivity contribution in [2.24, 2.45) is 5.92 Å². The topological polar surface area (TPSA) is 78.1 Å². The van der Waals surface area contributed by atoms with Gasteiger partial charge >= 0.3 is 0 Å². The molecule has 22 heavy (non-hydrogen) atoms. The first-order chi connectivity index (χ1) is 10.6. The van der Waals surface area contributed by atoms with E-state index in [1.807, 2.05) is 11.8 Å².